The summed E-state index contributed by atoms with van der Waals surface area (Å²) >= 11 is 0. The quantitative estimate of drug-likeness (QED) is 0.602. The molecule has 1 amide bonds. The van der Waals surface area contributed by atoms with Gasteiger partial charge in [-0.15, -0.1) is 0 Å². The van der Waals surface area contributed by atoms with Crippen molar-refractivity contribution in [1.29, 1.82) is 0 Å². The van der Waals surface area contributed by atoms with Gasteiger partial charge in [0.2, 0.25) is 5.91 Å². The summed E-state index contributed by atoms with van der Waals surface area (Å²) < 4.78 is 5.62. The van der Waals surface area contributed by atoms with E-state index in [4.69, 9.17) is 4.74 Å². The molecule has 2 heterocycles. The second kappa shape index (κ2) is 4.34. The summed E-state index contributed by atoms with van der Waals surface area (Å²) in [6.07, 6.45) is 5.31. The Labute approximate surface area is 113 Å². The number of nitrogens with zero attached hydrogens (tertiary/aromatic N) is 1. The molecule has 4 rings (SSSR count). The number of fused-ring (bicyclic) bond motifs is 2. The van der Waals surface area contributed by atoms with Crippen molar-refractivity contribution in [2.45, 2.75) is 50.5 Å². The molecule has 2 aliphatic heterocycles. The van der Waals surface area contributed by atoms with Crippen LogP contribution in [0.25, 0.3) is 0 Å². The van der Waals surface area contributed by atoms with Gasteiger partial charge in [-0.25, -0.2) is 0 Å². The number of rotatable bonds is 2. The SMILES string of the molecule is O=C1[C@H]2CC[C@@H]3O[C@@H]3CC[C@H]2N1Cc1ccccc1. The second-order valence-electron chi connectivity index (χ2n) is 5.99. The molecule has 1 aromatic carbocycles. The van der Waals surface area contributed by atoms with E-state index in [9.17, 15) is 4.79 Å². The number of carbonyl (C=O) groups excluding carboxylic acids is 1. The number of hydrogen-bond donors (Lipinski definition) is 0. The average Bonchev–Trinajstić information content (AvgIpc) is 3.16. The Morgan fingerprint density at radius 3 is 2.58 bits per heavy atom. The predicted molar refractivity (Wildman–Crippen MR) is 71.4 cm³/mol. The molecule has 0 radical (unpaired) electrons. The summed E-state index contributed by atoms with van der Waals surface area (Å²) in [6, 6.07) is 10.8. The third-order valence-electron chi connectivity index (χ3n) is 4.86. The largest absolute Gasteiger partial charge is 0.370 e. The van der Waals surface area contributed by atoms with Crippen LogP contribution in [0.5, 0.6) is 0 Å². The third-order valence-corrected chi connectivity index (χ3v) is 4.86. The van der Waals surface area contributed by atoms with Crippen LogP contribution in [0.2, 0.25) is 0 Å². The van der Waals surface area contributed by atoms with Crippen molar-refractivity contribution in [3.05, 3.63) is 35.9 Å². The molecule has 1 aliphatic carbocycles. The fourth-order valence-corrected chi connectivity index (χ4v) is 3.69. The Bertz CT molecular complexity index is 487. The van der Waals surface area contributed by atoms with Crippen LogP contribution >= 0.6 is 0 Å². The molecular weight excluding hydrogens is 238 g/mol. The van der Waals surface area contributed by atoms with E-state index in [0.29, 0.717) is 24.2 Å². The number of benzene rings is 1. The van der Waals surface area contributed by atoms with E-state index < -0.39 is 0 Å². The highest BCUT2D eigenvalue weighted by molar-refractivity contribution is 5.86. The van der Waals surface area contributed by atoms with Gasteiger partial charge in [0.05, 0.1) is 18.1 Å². The number of ether oxygens (including phenoxy) is 1. The number of amides is 1. The van der Waals surface area contributed by atoms with Crippen LogP contribution in [0.15, 0.2) is 30.3 Å². The number of likely N-dealkylation sites (tertiary alicyclic amines) is 1. The molecule has 3 heteroatoms. The Morgan fingerprint density at radius 2 is 1.79 bits per heavy atom. The lowest BCUT2D eigenvalue weighted by molar-refractivity contribution is -0.159. The van der Waals surface area contributed by atoms with Gasteiger partial charge in [0.1, 0.15) is 0 Å². The summed E-state index contributed by atoms with van der Waals surface area (Å²) in [4.78, 5) is 14.3. The smallest absolute Gasteiger partial charge is 0.228 e. The van der Waals surface area contributed by atoms with Gasteiger partial charge in [0, 0.05) is 12.6 Å². The molecule has 0 aromatic heterocycles. The maximum atomic E-state index is 12.3. The second-order valence-corrected chi connectivity index (χ2v) is 5.99. The van der Waals surface area contributed by atoms with E-state index in [2.05, 4.69) is 17.0 Å². The zero-order valence-electron chi connectivity index (χ0n) is 11.0. The molecule has 1 aromatic rings. The number of hydrogen-bond acceptors (Lipinski definition) is 2. The fraction of sp³-hybridized carbons (Fsp3) is 0.562. The first kappa shape index (κ1) is 11.5. The number of β-lactam (4-membered cyclic amide) rings is 1. The highest BCUT2D eigenvalue weighted by Crippen LogP contribution is 2.42. The molecule has 2 saturated heterocycles. The summed E-state index contributed by atoms with van der Waals surface area (Å²) in [5, 5.41) is 0. The van der Waals surface area contributed by atoms with E-state index in [1.807, 2.05) is 18.2 Å². The number of carbonyl (C=O) groups is 1. The zero-order chi connectivity index (χ0) is 12.8. The van der Waals surface area contributed by atoms with Crippen molar-refractivity contribution < 1.29 is 9.53 Å². The molecule has 100 valence electrons. The summed E-state index contributed by atoms with van der Waals surface area (Å²) in [6.45, 7) is 0.774. The van der Waals surface area contributed by atoms with Gasteiger partial charge < -0.3 is 9.64 Å². The van der Waals surface area contributed by atoms with Crippen molar-refractivity contribution in [3.8, 4) is 0 Å². The average molecular weight is 257 g/mol. The van der Waals surface area contributed by atoms with Crippen molar-refractivity contribution in [2.24, 2.45) is 5.92 Å². The lowest BCUT2D eigenvalue weighted by Gasteiger charge is -2.48. The van der Waals surface area contributed by atoms with Crippen molar-refractivity contribution in [3.63, 3.8) is 0 Å². The minimum atomic E-state index is 0.272. The monoisotopic (exact) mass is 257 g/mol. The molecule has 0 bridgehead atoms. The molecule has 1 saturated carbocycles. The van der Waals surface area contributed by atoms with E-state index >= 15 is 0 Å². The molecule has 4 atom stereocenters. The summed E-state index contributed by atoms with van der Waals surface area (Å²) in [5.41, 5.74) is 1.23. The van der Waals surface area contributed by atoms with Crippen LogP contribution in [-0.2, 0) is 16.1 Å². The summed E-state index contributed by atoms with van der Waals surface area (Å²) in [5.74, 6) is 0.627. The van der Waals surface area contributed by atoms with Gasteiger partial charge in [-0.1, -0.05) is 30.3 Å². The minimum Gasteiger partial charge on any atom is -0.370 e. The highest BCUT2D eigenvalue weighted by Gasteiger charge is 2.51. The first-order valence-corrected chi connectivity index (χ1v) is 7.33. The Hall–Kier alpha value is -1.35. The van der Waals surface area contributed by atoms with Gasteiger partial charge in [-0.3, -0.25) is 4.79 Å². The Morgan fingerprint density at radius 1 is 1.05 bits per heavy atom. The maximum Gasteiger partial charge on any atom is 0.228 e. The summed E-state index contributed by atoms with van der Waals surface area (Å²) in [7, 11) is 0. The predicted octanol–water partition coefficient (Wildman–Crippen LogP) is 2.36. The van der Waals surface area contributed by atoms with Gasteiger partial charge in [-0.2, -0.15) is 0 Å². The molecular formula is C16H19NO2. The molecule has 0 spiro atoms. The van der Waals surface area contributed by atoms with Crippen LogP contribution in [0.4, 0.5) is 0 Å². The van der Waals surface area contributed by atoms with Gasteiger partial charge in [-0.05, 0) is 31.2 Å². The van der Waals surface area contributed by atoms with E-state index in [1.165, 1.54) is 5.56 Å². The highest BCUT2D eigenvalue weighted by atomic mass is 16.6. The van der Waals surface area contributed by atoms with Crippen molar-refractivity contribution in [1.82, 2.24) is 4.90 Å². The van der Waals surface area contributed by atoms with E-state index in [-0.39, 0.29) is 5.92 Å². The third kappa shape index (κ3) is 1.96. The van der Waals surface area contributed by atoms with Crippen LogP contribution in [0.3, 0.4) is 0 Å². The molecule has 0 N–H and O–H groups in total. The number of epoxide rings is 1. The first-order chi connectivity index (χ1) is 9.33. The molecule has 0 unspecified atom stereocenters. The maximum absolute atomic E-state index is 12.3. The van der Waals surface area contributed by atoms with Crippen LogP contribution in [0.1, 0.15) is 31.2 Å². The topological polar surface area (TPSA) is 32.8 Å². The van der Waals surface area contributed by atoms with Crippen LogP contribution in [0, 0.1) is 5.92 Å². The van der Waals surface area contributed by atoms with E-state index in [0.717, 1.165) is 32.2 Å². The molecule has 3 aliphatic rings. The van der Waals surface area contributed by atoms with Crippen molar-refractivity contribution in [2.75, 3.05) is 0 Å². The van der Waals surface area contributed by atoms with E-state index in [1.54, 1.807) is 0 Å². The van der Waals surface area contributed by atoms with Gasteiger partial charge >= 0.3 is 0 Å². The Balaban J connectivity index is 1.46. The van der Waals surface area contributed by atoms with Crippen LogP contribution < -0.4 is 0 Å². The van der Waals surface area contributed by atoms with Crippen molar-refractivity contribution >= 4 is 5.91 Å². The lowest BCUT2D eigenvalue weighted by Crippen LogP contribution is -2.60. The molecule has 3 nitrogen and oxygen atoms in total. The molecule has 3 fully saturated rings. The fourth-order valence-electron chi connectivity index (χ4n) is 3.69. The lowest BCUT2D eigenvalue weighted by atomic mass is 9.78. The van der Waals surface area contributed by atoms with Gasteiger partial charge in [0.15, 0.2) is 0 Å². The minimum absolute atomic E-state index is 0.272. The Kier molecular flexibility index (Phi) is 2.62. The molecule has 19 heavy (non-hydrogen) atoms. The first-order valence-electron chi connectivity index (χ1n) is 7.33. The van der Waals surface area contributed by atoms with Gasteiger partial charge in [0.25, 0.3) is 0 Å². The normalized spacial score (nSPS) is 36.6. The van der Waals surface area contributed by atoms with Crippen LogP contribution in [-0.4, -0.2) is 29.1 Å². The standard InChI is InChI=1S/C16H19NO2/c18-16-12-6-8-14-15(19-14)9-7-13(12)17(16)10-11-4-2-1-3-5-11/h1-5,12-15H,6-10H2/t12-,13+,14-,15+/m0/s1. The zero-order valence-corrected chi connectivity index (χ0v) is 11.0.